The number of nitrogens with one attached hydrogen (secondary N) is 1. The summed E-state index contributed by atoms with van der Waals surface area (Å²) in [7, 11) is 0. The Balaban J connectivity index is 2.90. The Hall–Kier alpha value is -1.64. The van der Waals surface area contributed by atoms with Crippen molar-refractivity contribution in [2.24, 2.45) is 11.8 Å². The van der Waals surface area contributed by atoms with Crippen molar-refractivity contribution in [2.45, 2.75) is 40.0 Å². The van der Waals surface area contributed by atoms with Crippen molar-refractivity contribution in [3.8, 4) is 0 Å². The van der Waals surface area contributed by atoms with Crippen LogP contribution >= 0.6 is 0 Å². The summed E-state index contributed by atoms with van der Waals surface area (Å²) < 4.78 is 0. The predicted molar refractivity (Wildman–Crippen MR) is 80.5 cm³/mol. The molecule has 0 bridgehead atoms. The molecule has 0 spiro atoms. The molecule has 104 valence electrons. The number of benzene rings is 1. The van der Waals surface area contributed by atoms with E-state index in [0.717, 1.165) is 30.5 Å². The van der Waals surface area contributed by atoms with Crippen LogP contribution in [-0.4, -0.2) is 11.5 Å². The first-order chi connectivity index (χ1) is 8.95. The topological polar surface area (TPSA) is 66.9 Å². The summed E-state index contributed by atoms with van der Waals surface area (Å²) in [6, 6.07) is 7.70. The van der Waals surface area contributed by atoms with Crippen molar-refractivity contribution in [3.63, 3.8) is 0 Å². The number of nitrogen functional groups attached to an aromatic ring is 1. The Kier molecular flexibility index (Phi) is 5.74. The second-order valence-corrected chi connectivity index (χ2v) is 5.24. The van der Waals surface area contributed by atoms with Gasteiger partial charge in [-0.3, -0.25) is 4.79 Å². The number of carbonyl (C=O) groups excluding carboxylic acids is 1. The zero-order chi connectivity index (χ0) is 14.4. The molecule has 0 radical (unpaired) electrons. The second-order valence-electron chi connectivity index (χ2n) is 5.24. The van der Waals surface area contributed by atoms with Crippen molar-refractivity contribution in [2.75, 3.05) is 5.73 Å². The lowest BCUT2D eigenvalue weighted by atomic mass is 9.79. The van der Waals surface area contributed by atoms with Crippen LogP contribution in [0.5, 0.6) is 0 Å². The minimum Gasteiger partial charge on any atom is -0.399 e. The molecule has 1 aromatic rings. The third-order valence-electron chi connectivity index (χ3n) is 3.60. The number of hydrogen-bond donors (Lipinski definition) is 2. The van der Waals surface area contributed by atoms with E-state index in [4.69, 9.17) is 11.1 Å². The molecule has 0 aliphatic rings. The molecule has 1 rings (SSSR count). The average molecular weight is 260 g/mol. The summed E-state index contributed by atoms with van der Waals surface area (Å²) in [5.41, 5.74) is 8.14. The van der Waals surface area contributed by atoms with E-state index in [2.05, 4.69) is 6.92 Å². The molecule has 0 fully saturated rings. The van der Waals surface area contributed by atoms with Gasteiger partial charge in [0.1, 0.15) is 5.78 Å². The number of ketones is 1. The van der Waals surface area contributed by atoms with Gasteiger partial charge in [0.05, 0.1) is 0 Å². The number of rotatable bonds is 7. The second kappa shape index (κ2) is 7.07. The summed E-state index contributed by atoms with van der Waals surface area (Å²) in [6.45, 7) is 5.52. The monoisotopic (exact) mass is 260 g/mol. The van der Waals surface area contributed by atoms with E-state index in [-0.39, 0.29) is 17.6 Å². The fraction of sp³-hybridized carbons (Fsp3) is 0.500. The molecule has 3 N–H and O–H groups in total. The zero-order valence-corrected chi connectivity index (χ0v) is 12.1. The maximum atomic E-state index is 11.8. The SMILES string of the molecule is CCCC(C(C)=O)C(Cc1ccc(N)cc1)C(C)=N. The highest BCUT2D eigenvalue weighted by Crippen LogP contribution is 2.24. The highest BCUT2D eigenvalue weighted by atomic mass is 16.1. The summed E-state index contributed by atoms with van der Waals surface area (Å²) >= 11 is 0. The molecule has 0 aromatic heterocycles. The molecule has 0 aliphatic carbocycles. The van der Waals surface area contributed by atoms with Gasteiger partial charge in [0.25, 0.3) is 0 Å². The Morgan fingerprint density at radius 3 is 2.21 bits per heavy atom. The third kappa shape index (κ3) is 4.51. The first-order valence-corrected chi connectivity index (χ1v) is 6.85. The van der Waals surface area contributed by atoms with Crippen molar-refractivity contribution in [3.05, 3.63) is 29.8 Å². The Morgan fingerprint density at radius 2 is 1.79 bits per heavy atom. The van der Waals surface area contributed by atoms with Gasteiger partial charge in [-0.1, -0.05) is 25.5 Å². The maximum Gasteiger partial charge on any atom is 0.133 e. The number of Topliss-reactive ketones (excluding diaryl/α,β-unsaturated/α-hetero) is 1. The first-order valence-electron chi connectivity index (χ1n) is 6.85. The van der Waals surface area contributed by atoms with Crippen molar-refractivity contribution >= 4 is 17.2 Å². The van der Waals surface area contributed by atoms with Crippen LogP contribution in [0.1, 0.15) is 39.2 Å². The van der Waals surface area contributed by atoms with Gasteiger partial charge in [-0.15, -0.1) is 0 Å². The number of nitrogens with two attached hydrogens (primary N) is 1. The van der Waals surface area contributed by atoms with Gasteiger partial charge in [-0.2, -0.15) is 0 Å². The van der Waals surface area contributed by atoms with Gasteiger partial charge in [-0.25, -0.2) is 0 Å². The van der Waals surface area contributed by atoms with Crippen LogP contribution in [0.25, 0.3) is 0 Å². The summed E-state index contributed by atoms with van der Waals surface area (Å²) in [6.07, 6.45) is 2.56. The van der Waals surface area contributed by atoms with Crippen LogP contribution in [-0.2, 0) is 11.2 Å². The van der Waals surface area contributed by atoms with Gasteiger partial charge < -0.3 is 11.1 Å². The average Bonchev–Trinajstić information content (AvgIpc) is 2.35. The first kappa shape index (κ1) is 15.4. The summed E-state index contributed by atoms with van der Waals surface area (Å²) in [4.78, 5) is 11.8. The number of hydrogen-bond acceptors (Lipinski definition) is 3. The molecule has 0 amide bonds. The molecule has 3 heteroatoms. The van der Waals surface area contributed by atoms with Crippen LogP contribution in [0.4, 0.5) is 5.69 Å². The fourth-order valence-electron chi connectivity index (χ4n) is 2.50. The Labute approximate surface area is 115 Å². The molecule has 0 saturated heterocycles. The molecule has 3 nitrogen and oxygen atoms in total. The lowest BCUT2D eigenvalue weighted by Gasteiger charge is -2.24. The Morgan fingerprint density at radius 1 is 1.21 bits per heavy atom. The van der Waals surface area contributed by atoms with Crippen LogP contribution in [0, 0.1) is 17.2 Å². The van der Waals surface area contributed by atoms with Crippen molar-refractivity contribution in [1.29, 1.82) is 5.41 Å². The molecule has 0 heterocycles. The quantitative estimate of drug-likeness (QED) is 0.582. The third-order valence-corrected chi connectivity index (χ3v) is 3.60. The highest BCUT2D eigenvalue weighted by Gasteiger charge is 2.26. The van der Waals surface area contributed by atoms with E-state index < -0.39 is 0 Å². The number of carbonyl (C=O) groups is 1. The smallest absolute Gasteiger partial charge is 0.133 e. The van der Waals surface area contributed by atoms with E-state index in [1.807, 2.05) is 24.3 Å². The fourth-order valence-corrected chi connectivity index (χ4v) is 2.50. The van der Waals surface area contributed by atoms with Crippen LogP contribution in [0.3, 0.4) is 0 Å². The Bertz CT molecular complexity index is 437. The lowest BCUT2D eigenvalue weighted by molar-refractivity contribution is -0.121. The van der Waals surface area contributed by atoms with Crippen LogP contribution in [0.2, 0.25) is 0 Å². The molecular weight excluding hydrogens is 236 g/mol. The molecule has 0 aliphatic heterocycles. The van der Waals surface area contributed by atoms with Crippen molar-refractivity contribution in [1.82, 2.24) is 0 Å². The van der Waals surface area contributed by atoms with Gasteiger partial charge >= 0.3 is 0 Å². The van der Waals surface area contributed by atoms with Gasteiger partial charge in [0.15, 0.2) is 0 Å². The van der Waals surface area contributed by atoms with E-state index in [1.54, 1.807) is 13.8 Å². The molecule has 0 saturated carbocycles. The van der Waals surface area contributed by atoms with E-state index >= 15 is 0 Å². The molecule has 1 aromatic carbocycles. The highest BCUT2D eigenvalue weighted by molar-refractivity contribution is 5.89. The molecule has 19 heavy (non-hydrogen) atoms. The van der Waals surface area contributed by atoms with E-state index in [9.17, 15) is 4.79 Å². The van der Waals surface area contributed by atoms with Crippen molar-refractivity contribution < 1.29 is 4.79 Å². The molecule has 2 atom stereocenters. The predicted octanol–water partition coefficient (Wildman–Crippen LogP) is 3.47. The largest absolute Gasteiger partial charge is 0.399 e. The normalized spacial score (nSPS) is 13.8. The minimum absolute atomic E-state index is 0.000995. The van der Waals surface area contributed by atoms with Gasteiger partial charge in [0, 0.05) is 23.2 Å². The summed E-state index contributed by atoms with van der Waals surface area (Å²) in [5, 5.41) is 7.97. The molecule has 2 unspecified atom stereocenters. The van der Waals surface area contributed by atoms with E-state index in [1.165, 1.54) is 0 Å². The minimum atomic E-state index is -0.0416. The van der Waals surface area contributed by atoms with Gasteiger partial charge in [-0.05, 0) is 44.4 Å². The molecular formula is C16H24N2O. The van der Waals surface area contributed by atoms with Crippen LogP contribution in [0.15, 0.2) is 24.3 Å². The summed E-state index contributed by atoms with van der Waals surface area (Å²) in [5.74, 6) is 0.148. The van der Waals surface area contributed by atoms with Crippen LogP contribution < -0.4 is 5.73 Å². The van der Waals surface area contributed by atoms with Gasteiger partial charge in [0.2, 0.25) is 0 Å². The lowest BCUT2D eigenvalue weighted by Crippen LogP contribution is -2.28. The zero-order valence-electron chi connectivity index (χ0n) is 12.1. The number of anilines is 1. The standard InChI is InChI=1S/C16H24N2O/c1-4-5-15(12(3)19)16(11(2)17)10-13-6-8-14(18)9-7-13/h6-9,15-17H,4-5,10,18H2,1-3H3. The van der Waals surface area contributed by atoms with E-state index in [0.29, 0.717) is 5.71 Å². The maximum absolute atomic E-state index is 11.8.